The summed E-state index contributed by atoms with van der Waals surface area (Å²) in [4.78, 5) is 2.45. The Balaban J connectivity index is 1.90. The summed E-state index contributed by atoms with van der Waals surface area (Å²) in [7, 11) is 0. The highest BCUT2D eigenvalue weighted by Crippen LogP contribution is 2.17. The molecule has 0 radical (unpaired) electrons. The zero-order valence-electron chi connectivity index (χ0n) is 10.6. The van der Waals surface area contributed by atoms with Gasteiger partial charge in [-0.2, -0.15) is 0 Å². The number of rotatable bonds is 3. The molecular formula is C15H20N2O. The van der Waals surface area contributed by atoms with E-state index in [-0.39, 0.29) is 6.61 Å². The van der Waals surface area contributed by atoms with Crippen LogP contribution in [0.4, 0.5) is 0 Å². The van der Waals surface area contributed by atoms with Crippen molar-refractivity contribution in [1.29, 1.82) is 0 Å². The maximum Gasteiger partial charge on any atom is 0.104 e. The Labute approximate surface area is 109 Å². The van der Waals surface area contributed by atoms with Crippen molar-refractivity contribution in [3.05, 3.63) is 35.4 Å². The Morgan fingerprint density at radius 3 is 2.72 bits per heavy atom. The van der Waals surface area contributed by atoms with Crippen LogP contribution < -0.4 is 5.73 Å². The quantitative estimate of drug-likeness (QED) is 0.774. The first-order valence-corrected chi connectivity index (χ1v) is 6.43. The molecule has 1 fully saturated rings. The van der Waals surface area contributed by atoms with Crippen LogP contribution in [0.25, 0.3) is 0 Å². The first kappa shape index (κ1) is 13.1. The van der Waals surface area contributed by atoms with Gasteiger partial charge >= 0.3 is 0 Å². The molecule has 0 amide bonds. The van der Waals surface area contributed by atoms with E-state index in [0.29, 0.717) is 5.92 Å². The molecule has 1 saturated heterocycles. The molecule has 2 rings (SSSR count). The van der Waals surface area contributed by atoms with Crippen LogP contribution in [-0.4, -0.2) is 36.2 Å². The van der Waals surface area contributed by atoms with Crippen molar-refractivity contribution in [1.82, 2.24) is 4.90 Å². The van der Waals surface area contributed by atoms with Gasteiger partial charge in [-0.25, -0.2) is 0 Å². The third-order valence-electron chi connectivity index (χ3n) is 3.38. The van der Waals surface area contributed by atoms with Crippen LogP contribution >= 0.6 is 0 Å². The van der Waals surface area contributed by atoms with Gasteiger partial charge in [0.25, 0.3) is 0 Å². The number of likely N-dealkylation sites (tertiary alicyclic amines) is 1. The Hall–Kier alpha value is -1.34. The lowest BCUT2D eigenvalue weighted by Crippen LogP contribution is -2.22. The van der Waals surface area contributed by atoms with Crippen molar-refractivity contribution in [2.75, 3.05) is 26.2 Å². The van der Waals surface area contributed by atoms with Crippen molar-refractivity contribution in [3.63, 3.8) is 0 Å². The molecule has 0 unspecified atom stereocenters. The van der Waals surface area contributed by atoms with Crippen LogP contribution in [0, 0.1) is 17.8 Å². The first-order valence-electron chi connectivity index (χ1n) is 6.43. The van der Waals surface area contributed by atoms with E-state index in [1.165, 1.54) is 12.0 Å². The molecule has 1 aromatic carbocycles. The zero-order chi connectivity index (χ0) is 12.8. The predicted octanol–water partition coefficient (Wildman–Crippen LogP) is 0.811. The van der Waals surface area contributed by atoms with Crippen LogP contribution in [0.5, 0.6) is 0 Å². The molecule has 3 N–H and O–H groups in total. The monoisotopic (exact) mass is 244 g/mol. The van der Waals surface area contributed by atoms with Crippen LogP contribution in [0.3, 0.4) is 0 Å². The molecule has 0 saturated carbocycles. The number of hydrogen-bond acceptors (Lipinski definition) is 3. The van der Waals surface area contributed by atoms with Crippen LogP contribution in [0.1, 0.15) is 17.5 Å². The number of nitrogens with two attached hydrogens (primary N) is 1. The van der Waals surface area contributed by atoms with Crippen molar-refractivity contribution in [3.8, 4) is 11.8 Å². The molecule has 3 nitrogen and oxygen atoms in total. The Kier molecular flexibility index (Phi) is 4.77. The van der Waals surface area contributed by atoms with Gasteiger partial charge in [0.05, 0.1) is 0 Å². The second-order valence-electron chi connectivity index (χ2n) is 4.78. The number of benzene rings is 1. The molecule has 1 aliphatic rings. The normalized spacial score (nSPS) is 19.6. The number of nitrogens with zero attached hydrogens (tertiary/aromatic N) is 1. The fourth-order valence-electron chi connectivity index (χ4n) is 2.34. The summed E-state index contributed by atoms with van der Waals surface area (Å²) >= 11 is 0. The fraction of sp³-hybridized carbons (Fsp3) is 0.467. The average molecular weight is 244 g/mol. The summed E-state index contributed by atoms with van der Waals surface area (Å²) in [5.41, 5.74) is 7.95. The molecule has 96 valence electrons. The van der Waals surface area contributed by atoms with Gasteiger partial charge in [-0.15, -0.1) is 0 Å². The van der Waals surface area contributed by atoms with Crippen molar-refractivity contribution < 1.29 is 5.11 Å². The molecule has 0 aliphatic carbocycles. The van der Waals surface area contributed by atoms with Gasteiger partial charge in [-0.1, -0.05) is 24.0 Å². The minimum absolute atomic E-state index is 0.0873. The van der Waals surface area contributed by atoms with E-state index in [1.54, 1.807) is 0 Å². The minimum atomic E-state index is -0.0873. The Morgan fingerprint density at radius 2 is 2.11 bits per heavy atom. The molecule has 0 spiro atoms. The topological polar surface area (TPSA) is 49.5 Å². The molecule has 1 heterocycles. The van der Waals surface area contributed by atoms with Crippen molar-refractivity contribution >= 4 is 0 Å². The van der Waals surface area contributed by atoms with Crippen LogP contribution in [-0.2, 0) is 6.54 Å². The SMILES string of the molecule is NC[C@H]1CCN(Cc2ccc(C#CCO)cc2)C1. The molecule has 0 bridgehead atoms. The van der Waals surface area contributed by atoms with E-state index < -0.39 is 0 Å². The first-order chi connectivity index (χ1) is 8.81. The highest BCUT2D eigenvalue weighted by molar-refractivity contribution is 5.36. The maximum atomic E-state index is 8.63. The lowest BCUT2D eigenvalue weighted by molar-refractivity contribution is 0.318. The van der Waals surface area contributed by atoms with E-state index in [2.05, 4.69) is 28.9 Å². The fourth-order valence-corrected chi connectivity index (χ4v) is 2.34. The summed E-state index contributed by atoms with van der Waals surface area (Å²) < 4.78 is 0. The zero-order valence-corrected chi connectivity index (χ0v) is 10.6. The van der Waals surface area contributed by atoms with Gasteiger partial charge in [0, 0.05) is 18.7 Å². The molecule has 3 heteroatoms. The summed E-state index contributed by atoms with van der Waals surface area (Å²) in [5, 5.41) is 8.63. The van der Waals surface area contributed by atoms with Gasteiger partial charge in [0.15, 0.2) is 0 Å². The molecule has 1 aliphatic heterocycles. The Bertz CT molecular complexity index is 430. The van der Waals surface area contributed by atoms with E-state index in [9.17, 15) is 0 Å². The average Bonchev–Trinajstić information content (AvgIpc) is 2.86. The number of aliphatic hydroxyl groups is 1. The third kappa shape index (κ3) is 3.58. The smallest absolute Gasteiger partial charge is 0.104 e. The van der Waals surface area contributed by atoms with E-state index in [0.717, 1.165) is 31.7 Å². The Morgan fingerprint density at radius 1 is 1.33 bits per heavy atom. The lowest BCUT2D eigenvalue weighted by Gasteiger charge is -2.15. The van der Waals surface area contributed by atoms with Crippen LogP contribution in [0.2, 0.25) is 0 Å². The van der Waals surface area contributed by atoms with Gasteiger partial charge in [0.1, 0.15) is 6.61 Å². The summed E-state index contributed by atoms with van der Waals surface area (Å²) in [5.74, 6) is 6.22. The molecule has 1 aromatic rings. The van der Waals surface area contributed by atoms with Gasteiger partial charge in [-0.3, -0.25) is 4.90 Å². The highest BCUT2D eigenvalue weighted by Gasteiger charge is 2.20. The molecule has 1 atom stereocenters. The third-order valence-corrected chi connectivity index (χ3v) is 3.38. The molecule has 18 heavy (non-hydrogen) atoms. The van der Waals surface area contributed by atoms with E-state index in [1.807, 2.05) is 12.1 Å². The minimum Gasteiger partial charge on any atom is -0.384 e. The van der Waals surface area contributed by atoms with Gasteiger partial charge < -0.3 is 10.8 Å². The molecular weight excluding hydrogens is 224 g/mol. The highest BCUT2D eigenvalue weighted by atomic mass is 16.2. The summed E-state index contributed by atoms with van der Waals surface area (Å²) in [6, 6.07) is 8.23. The lowest BCUT2D eigenvalue weighted by atomic mass is 10.1. The second kappa shape index (κ2) is 6.55. The van der Waals surface area contributed by atoms with Gasteiger partial charge in [0.2, 0.25) is 0 Å². The number of hydrogen-bond donors (Lipinski definition) is 2. The van der Waals surface area contributed by atoms with Crippen molar-refractivity contribution in [2.24, 2.45) is 11.7 Å². The standard InChI is InChI=1S/C15H20N2O/c16-10-15-7-8-17(12-15)11-14-5-3-13(4-6-14)2-1-9-18/h3-6,15,18H,7-12,16H2/t15-/m1/s1. The van der Waals surface area contributed by atoms with Crippen molar-refractivity contribution in [2.45, 2.75) is 13.0 Å². The van der Waals surface area contributed by atoms with E-state index >= 15 is 0 Å². The largest absolute Gasteiger partial charge is 0.384 e. The number of aliphatic hydroxyl groups excluding tert-OH is 1. The van der Waals surface area contributed by atoms with E-state index in [4.69, 9.17) is 10.8 Å². The maximum absolute atomic E-state index is 8.63. The van der Waals surface area contributed by atoms with Gasteiger partial charge in [-0.05, 0) is 43.1 Å². The van der Waals surface area contributed by atoms with Crippen LogP contribution in [0.15, 0.2) is 24.3 Å². The summed E-state index contributed by atoms with van der Waals surface area (Å²) in [6.45, 7) is 3.96. The molecule has 0 aromatic heterocycles. The predicted molar refractivity (Wildman–Crippen MR) is 72.8 cm³/mol. The second-order valence-corrected chi connectivity index (χ2v) is 4.78. The summed E-state index contributed by atoms with van der Waals surface area (Å²) in [6.07, 6.45) is 1.22.